The molecule has 0 unspecified atom stereocenters. The monoisotopic (exact) mass is 421 g/mol. The maximum absolute atomic E-state index is 13.9. The summed E-state index contributed by atoms with van der Waals surface area (Å²) < 4.78 is 5.20. The van der Waals surface area contributed by atoms with Crippen molar-refractivity contribution in [2.45, 2.75) is 20.4 Å². The van der Waals surface area contributed by atoms with Crippen molar-refractivity contribution in [3.05, 3.63) is 113 Å². The zero-order valence-electron chi connectivity index (χ0n) is 18.1. The van der Waals surface area contributed by atoms with Crippen LogP contribution in [0.2, 0.25) is 0 Å². The lowest BCUT2D eigenvalue weighted by Gasteiger charge is -2.09. The number of hydrogen-bond donors (Lipinski definition) is 0. The minimum atomic E-state index is -0.219. The standard InChI is InChI=1S/C26H23N5O/c1-4-17-29-22-7-5-6-8-23(22)31-25(29)28-24(27-20-13-9-18(2)10-14-20)30(26(31)32)21-15-11-19(3)12-16-21/h4-16H,1,17H2,2-3H3. The highest BCUT2D eigenvalue weighted by Gasteiger charge is 2.17. The second-order valence-electron chi connectivity index (χ2n) is 7.84. The van der Waals surface area contributed by atoms with Crippen molar-refractivity contribution in [3.8, 4) is 5.69 Å². The van der Waals surface area contributed by atoms with Crippen molar-refractivity contribution >= 4 is 22.5 Å². The molecule has 0 atom stereocenters. The number of hydrogen-bond acceptors (Lipinski definition) is 3. The van der Waals surface area contributed by atoms with Crippen molar-refractivity contribution < 1.29 is 0 Å². The Kier molecular flexibility index (Phi) is 4.82. The SMILES string of the molecule is C=CCn1c2ccccc2n2c(=O)n(-c3ccc(C)cc3)c(=Nc3ccc(C)cc3)nc12. The van der Waals surface area contributed by atoms with Gasteiger partial charge in [-0.2, -0.15) is 4.98 Å². The predicted octanol–water partition coefficient (Wildman–Crippen LogP) is 4.48. The van der Waals surface area contributed by atoms with Gasteiger partial charge in [-0.15, -0.1) is 6.58 Å². The molecule has 0 radical (unpaired) electrons. The van der Waals surface area contributed by atoms with Gasteiger partial charge in [0.15, 0.2) is 0 Å². The molecule has 5 rings (SSSR count). The third-order valence-corrected chi connectivity index (χ3v) is 5.50. The Morgan fingerprint density at radius 1 is 0.906 bits per heavy atom. The molecule has 0 saturated heterocycles. The van der Waals surface area contributed by atoms with Gasteiger partial charge in [-0.05, 0) is 50.2 Å². The molecule has 0 saturated carbocycles. The average molecular weight is 422 g/mol. The summed E-state index contributed by atoms with van der Waals surface area (Å²) in [5.74, 6) is 0.533. The van der Waals surface area contributed by atoms with Gasteiger partial charge in [0.25, 0.3) is 0 Å². The molecule has 6 heteroatoms. The van der Waals surface area contributed by atoms with Gasteiger partial charge in [-0.3, -0.25) is 0 Å². The van der Waals surface area contributed by atoms with E-state index in [0.717, 1.165) is 27.8 Å². The van der Waals surface area contributed by atoms with E-state index in [1.165, 1.54) is 0 Å². The van der Waals surface area contributed by atoms with Crippen molar-refractivity contribution in [3.63, 3.8) is 0 Å². The number of aryl methyl sites for hydroxylation is 2. The van der Waals surface area contributed by atoms with Crippen LogP contribution in [-0.2, 0) is 6.54 Å². The highest BCUT2D eigenvalue weighted by molar-refractivity contribution is 5.80. The van der Waals surface area contributed by atoms with Gasteiger partial charge in [-0.1, -0.05) is 53.6 Å². The number of aromatic nitrogens is 4. The Balaban J connectivity index is 1.95. The first kappa shape index (κ1) is 19.8. The van der Waals surface area contributed by atoms with E-state index in [1.54, 1.807) is 15.0 Å². The molecular formula is C26H23N5O. The average Bonchev–Trinajstić information content (AvgIpc) is 3.11. The van der Waals surface area contributed by atoms with E-state index in [0.29, 0.717) is 23.6 Å². The minimum Gasteiger partial charge on any atom is -0.306 e. The molecule has 6 nitrogen and oxygen atoms in total. The zero-order chi connectivity index (χ0) is 22.2. The summed E-state index contributed by atoms with van der Waals surface area (Å²) >= 11 is 0. The second-order valence-corrected chi connectivity index (χ2v) is 7.84. The molecule has 158 valence electrons. The summed E-state index contributed by atoms with van der Waals surface area (Å²) in [6, 6.07) is 23.4. The molecule has 0 aliphatic heterocycles. The first-order valence-corrected chi connectivity index (χ1v) is 10.5. The molecule has 0 spiro atoms. The molecule has 0 bridgehead atoms. The van der Waals surface area contributed by atoms with E-state index in [1.807, 2.05) is 91.2 Å². The van der Waals surface area contributed by atoms with Crippen molar-refractivity contribution in [1.82, 2.24) is 18.5 Å². The number of nitrogens with zero attached hydrogens (tertiary/aromatic N) is 5. The quantitative estimate of drug-likeness (QED) is 0.402. The van der Waals surface area contributed by atoms with Crippen LogP contribution >= 0.6 is 0 Å². The Morgan fingerprint density at radius 3 is 2.19 bits per heavy atom. The first-order valence-electron chi connectivity index (χ1n) is 10.5. The van der Waals surface area contributed by atoms with Gasteiger partial charge in [0, 0.05) is 6.54 Å². The molecule has 0 fully saturated rings. The Bertz CT molecular complexity index is 1580. The van der Waals surface area contributed by atoms with E-state index in [4.69, 9.17) is 9.98 Å². The lowest BCUT2D eigenvalue weighted by molar-refractivity contribution is 0.753. The van der Waals surface area contributed by atoms with E-state index in [-0.39, 0.29) is 5.69 Å². The Hall–Kier alpha value is -4.19. The van der Waals surface area contributed by atoms with Crippen LogP contribution in [0.5, 0.6) is 0 Å². The van der Waals surface area contributed by atoms with Crippen LogP contribution in [0.25, 0.3) is 22.5 Å². The van der Waals surface area contributed by atoms with E-state index >= 15 is 0 Å². The number of para-hydroxylation sites is 2. The van der Waals surface area contributed by atoms with Gasteiger partial charge in [0.05, 0.1) is 22.4 Å². The Labute approximate surface area is 185 Å². The number of rotatable bonds is 4. The summed E-state index contributed by atoms with van der Waals surface area (Å²) in [4.78, 5) is 23.5. The molecule has 2 aromatic heterocycles. The van der Waals surface area contributed by atoms with Crippen LogP contribution in [0.4, 0.5) is 5.69 Å². The third kappa shape index (κ3) is 3.26. The largest absolute Gasteiger partial charge is 0.343 e. The van der Waals surface area contributed by atoms with Gasteiger partial charge < -0.3 is 4.57 Å². The fourth-order valence-corrected chi connectivity index (χ4v) is 3.88. The summed E-state index contributed by atoms with van der Waals surface area (Å²) in [5.41, 5.74) is 5.53. The van der Waals surface area contributed by atoms with Crippen LogP contribution in [-0.4, -0.2) is 18.5 Å². The van der Waals surface area contributed by atoms with Crippen molar-refractivity contribution in [1.29, 1.82) is 0 Å². The molecule has 0 aliphatic carbocycles. The fourth-order valence-electron chi connectivity index (χ4n) is 3.88. The van der Waals surface area contributed by atoms with Crippen LogP contribution in [0, 0.1) is 13.8 Å². The number of fused-ring (bicyclic) bond motifs is 3. The van der Waals surface area contributed by atoms with Gasteiger partial charge in [0.2, 0.25) is 11.4 Å². The first-order chi connectivity index (χ1) is 15.6. The second kappa shape index (κ2) is 7.81. The van der Waals surface area contributed by atoms with Crippen LogP contribution in [0.15, 0.2) is 95.2 Å². The zero-order valence-corrected chi connectivity index (χ0v) is 18.1. The molecule has 2 heterocycles. The molecule has 5 aromatic rings. The number of allylic oxidation sites excluding steroid dienone is 1. The lowest BCUT2D eigenvalue weighted by atomic mass is 10.2. The number of benzene rings is 3. The van der Waals surface area contributed by atoms with Crippen LogP contribution in [0.3, 0.4) is 0 Å². The molecular weight excluding hydrogens is 398 g/mol. The smallest absolute Gasteiger partial charge is 0.306 e. The highest BCUT2D eigenvalue weighted by Crippen LogP contribution is 2.18. The number of imidazole rings is 1. The molecule has 0 N–H and O–H groups in total. The maximum Gasteiger partial charge on any atom is 0.343 e. The normalized spacial score (nSPS) is 12.0. The predicted molar refractivity (Wildman–Crippen MR) is 128 cm³/mol. The van der Waals surface area contributed by atoms with Crippen molar-refractivity contribution in [2.75, 3.05) is 0 Å². The Morgan fingerprint density at radius 2 is 1.53 bits per heavy atom. The maximum atomic E-state index is 13.9. The molecule has 3 aromatic carbocycles. The third-order valence-electron chi connectivity index (χ3n) is 5.50. The molecule has 0 aliphatic rings. The lowest BCUT2D eigenvalue weighted by Crippen LogP contribution is -2.38. The van der Waals surface area contributed by atoms with E-state index in [9.17, 15) is 4.79 Å². The summed E-state index contributed by atoms with van der Waals surface area (Å²) in [7, 11) is 0. The van der Waals surface area contributed by atoms with Crippen LogP contribution in [0.1, 0.15) is 11.1 Å². The van der Waals surface area contributed by atoms with E-state index < -0.39 is 0 Å². The van der Waals surface area contributed by atoms with Crippen molar-refractivity contribution in [2.24, 2.45) is 4.99 Å². The summed E-state index contributed by atoms with van der Waals surface area (Å²) in [6.45, 7) is 8.45. The van der Waals surface area contributed by atoms with Gasteiger partial charge >= 0.3 is 5.69 Å². The summed E-state index contributed by atoms with van der Waals surface area (Å²) in [5, 5.41) is 0. The summed E-state index contributed by atoms with van der Waals surface area (Å²) in [6.07, 6.45) is 1.80. The van der Waals surface area contributed by atoms with E-state index in [2.05, 4.69) is 6.58 Å². The van der Waals surface area contributed by atoms with Gasteiger partial charge in [0.1, 0.15) is 0 Å². The molecule has 0 amide bonds. The topological polar surface area (TPSA) is 56.6 Å². The van der Waals surface area contributed by atoms with Crippen LogP contribution < -0.4 is 11.3 Å². The van der Waals surface area contributed by atoms with Gasteiger partial charge in [-0.25, -0.2) is 18.8 Å². The minimum absolute atomic E-state index is 0.219. The molecule has 32 heavy (non-hydrogen) atoms. The fraction of sp³-hybridized carbons (Fsp3) is 0.115. The highest BCUT2D eigenvalue weighted by atomic mass is 16.1.